The highest BCUT2D eigenvalue weighted by atomic mass is 79.9. The maximum absolute atomic E-state index is 12.1. The molecule has 1 aromatic rings. The zero-order valence-corrected chi connectivity index (χ0v) is 13.1. The van der Waals surface area contributed by atoms with Crippen molar-refractivity contribution in [2.75, 3.05) is 12.5 Å². The molecule has 0 amide bonds. The standard InChI is InChI=1S/C14H17BrClNO2/c1-2-19-14(18)13(12(17)8-5-9-16)10-6-3-4-7-11(10)15/h3-4,6-7H,2,5,8-9,17H2,1H3/b13-12-. The third-order valence-electron chi connectivity index (χ3n) is 2.52. The van der Waals surface area contributed by atoms with E-state index in [-0.39, 0.29) is 0 Å². The first-order valence-electron chi connectivity index (χ1n) is 6.08. The molecule has 0 spiro atoms. The van der Waals surface area contributed by atoms with Gasteiger partial charge in [-0.3, -0.25) is 0 Å². The van der Waals surface area contributed by atoms with E-state index in [0.29, 0.717) is 30.2 Å². The molecule has 0 radical (unpaired) electrons. The molecule has 0 aliphatic heterocycles. The smallest absolute Gasteiger partial charge is 0.340 e. The fourth-order valence-electron chi connectivity index (χ4n) is 1.66. The van der Waals surface area contributed by atoms with Crippen molar-refractivity contribution in [3.8, 4) is 0 Å². The van der Waals surface area contributed by atoms with Crippen molar-refractivity contribution < 1.29 is 9.53 Å². The summed E-state index contributed by atoms with van der Waals surface area (Å²) in [4.78, 5) is 12.1. The van der Waals surface area contributed by atoms with Crippen LogP contribution in [0.2, 0.25) is 0 Å². The fourth-order valence-corrected chi connectivity index (χ4v) is 2.28. The maximum Gasteiger partial charge on any atom is 0.340 e. The SMILES string of the molecule is CCOC(=O)/C(=C(\N)CCCCl)c1ccccc1Br. The van der Waals surface area contributed by atoms with Crippen molar-refractivity contribution >= 4 is 39.1 Å². The lowest BCUT2D eigenvalue weighted by Crippen LogP contribution is -2.14. The molecule has 1 aromatic carbocycles. The second-order valence-electron chi connectivity index (χ2n) is 3.89. The van der Waals surface area contributed by atoms with Crippen molar-refractivity contribution in [1.82, 2.24) is 0 Å². The molecule has 0 aliphatic rings. The van der Waals surface area contributed by atoms with Crippen LogP contribution in [0.5, 0.6) is 0 Å². The van der Waals surface area contributed by atoms with E-state index in [4.69, 9.17) is 22.1 Å². The van der Waals surface area contributed by atoms with Gasteiger partial charge in [0.15, 0.2) is 0 Å². The quantitative estimate of drug-likeness (QED) is 0.485. The number of alkyl halides is 1. The molecule has 0 bridgehead atoms. The molecule has 0 saturated heterocycles. The van der Waals surface area contributed by atoms with Crippen molar-refractivity contribution in [3.63, 3.8) is 0 Å². The zero-order valence-electron chi connectivity index (χ0n) is 10.8. The van der Waals surface area contributed by atoms with Crippen LogP contribution in [0.3, 0.4) is 0 Å². The zero-order chi connectivity index (χ0) is 14.3. The minimum Gasteiger partial charge on any atom is -0.462 e. The molecule has 0 saturated carbocycles. The van der Waals surface area contributed by atoms with Gasteiger partial charge < -0.3 is 10.5 Å². The van der Waals surface area contributed by atoms with Gasteiger partial charge in [-0.05, 0) is 25.8 Å². The van der Waals surface area contributed by atoms with Gasteiger partial charge in [-0.15, -0.1) is 11.6 Å². The minimum atomic E-state index is -0.401. The number of benzene rings is 1. The molecule has 19 heavy (non-hydrogen) atoms. The lowest BCUT2D eigenvalue weighted by molar-refractivity contribution is -0.136. The Morgan fingerprint density at radius 2 is 2.11 bits per heavy atom. The average Bonchev–Trinajstić information content (AvgIpc) is 2.39. The van der Waals surface area contributed by atoms with Crippen LogP contribution < -0.4 is 5.73 Å². The van der Waals surface area contributed by atoms with Crippen LogP contribution in [0.1, 0.15) is 25.3 Å². The summed E-state index contributed by atoms with van der Waals surface area (Å²) in [5.74, 6) is 0.105. The van der Waals surface area contributed by atoms with Gasteiger partial charge in [0.2, 0.25) is 0 Å². The Morgan fingerprint density at radius 1 is 1.42 bits per heavy atom. The first-order chi connectivity index (χ1) is 9.11. The molecule has 0 heterocycles. The Kier molecular flexibility index (Phi) is 6.95. The summed E-state index contributed by atoms with van der Waals surface area (Å²) in [7, 11) is 0. The predicted molar refractivity (Wildman–Crippen MR) is 81.8 cm³/mol. The summed E-state index contributed by atoms with van der Waals surface area (Å²) in [6, 6.07) is 7.44. The van der Waals surface area contributed by atoms with Crippen LogP contribution in [0.4, 0.5) is 0 Å². The largest absolute Gasteiger partial charge is 0.462 e. The van der Waals surface area contributed by atoms with Crippen LogP contribution in [0.25, 0.3) is 5.57 Å². The van der Waals surface area contributed by atoms with Gasteiger partial charge >= 0.3 is 5.97 Å². The molecule has 3 nitrogen and oxygen atoms in total. The average molecular weight is 347 g/mol. The lowest BCUT2D eigenvalue weighted by Gasteiger charge is -2.12. The van der Waals surface area contributed by atoms with Gasteiger partial charge in [-0.2, -0.15) is 0 Å². The molecular formula is C14H17BrClNO2. The molecule has 0 unspecified atom stereocenters. The van der Waals surface area contributed by atoms with Crippen LogP contribution in [-0.4, -0.2) is 18.5 Å². The van der Waals surface area contributed by atoms with E-state index in [1.807, 2.05) is 24.3 Å². The fraction of sp³-hybridized carbons (Fsp3) is 0.357. The van der Waals surface area contributed by atoms with Crippen LogP contribution >= 0.6 is 27.5 Å². The molecule has 5 heteroatoms. The molecular weight excluding hydrogens is 330 g/mol. The van der Waals surface area contributed by atoms with Crippen molar-refractivity contribution in [2.45, 2.75) is 19.8 Å². The molecule has 2 N–H and O–H groups in total. The Hall–Kier alpha value is -1.000. The van der Waals surface area contributed by atoms with E-state index in [0.717, 1.165) is 16.5 Å². The highest BCUT2D eigenvalue weighted by Crippen LogP contribution is 2.27. The summed E-state index contributed by atoms with van der Waals surface area (Å²) in [5.41, 5.74) is 7.70. The number of carbonyl (C=O) groups excluding carboxylic acids is 1. The number of halogens is 2. The molecule has 0 aromatic heterocycles. The number of allylic oxidation sites excluding steroid dienone is 1. The van der Waals surface area contributed by atoms with E-state index < -0.39 is 5.97 Å². The monoisotopic (exact) mass is 345 g/mol. The van der Waals surface area contributed by atoms with Crippen LogP contribution in [-0.2, 0) is 9.53 Å². The number of hydrogen-bond donors (Lipinski definition) is 1. The molecule has 1 rings (SSSR count). The van der Waals surface area contributed by atoms with E-state index in [2.05, 4.69) is 15.9 Å². The highest BCUT2D eigenvalue weighted by Gasteiger charge is 2.19. The van der Waals surface area contributed by atoms with Gasteiger partial charge in [0.25, 0.3) is 0 Å². The Labute approximate surface area is 126 Å². The van der Waals surface area contributed by atoms with Crippen molar-refractivity contribution in [1.29, 1.82) is 0 Å². The van der Waals surface area contributed by atoms with Gasteiger partial charge in [-0.1, -0.05) is 34.1 Å². The van der Waals surface area contributed by atoms with Crippen LogP contribution in [0.15, 0.2) is 34.4 Å². The summed E-state index contributed by atoms with van der Waals surface area (Å²) in [5, 5.41) is 0. The Balaban J connectivity index is 3.19. The van der Waals surface area contributed by atoms with Crippen LogP contribution in [0, 0.1) is 0 Å². The van der Waals surface area contributed by atoms with Gasteiger partial charge in [0.05, 0.1) is 12.2 Å². The first kappa shape index (κ1) is 16.1. The second kappa shape index (κ2) is 8.23. The van der Waals surface area contributed by atoms with E-state index in [9.17, 15) is 4.79 Å². The van der Waals surface area contributed by atoms with E-state index >= 15 is 0 Å². The Morgan fingerprint density at radius 3 is 2.68 bits per heavy atom. The number of esters is 1. The molecule has 0 atom stereocenters. The maximum atomic E-state index is 12.1. The van der Waals surface area contributed by atoms with Crippen molar-refractivity contribution in [3.05, 3.63) is 40.0 Å². The third-order valence-corrected chi connectivity index (χ3v) is 3.48. The van der Waals surface area contributed by atoms with Gasteiger partial charge in [0.1, 0.15) is 0 Å². The lowest BCUT2D eigenvalue weighted by atomic mass is 10.0. The topological polar surface area (TPSA) is 52.3 Å². The van der Waals surface area contributed by atoms with Gasteiger partial charge in [0, 0.05) is 21.6 Å². The minimum absolute atomic E-state index is 0.315. The first-order valence-corrected chi connectivity index (χ1v) is 7.41. The number of ether oxygens (including phenoxy) is 1. The molecule has 0 aliphatic carbocycles. The number of nitrogens with two attached hydrogens (primary N) is 1. The number of rotatable bonds is 6. The van der Waals surface area contributed by atoms with E-state index in [1.54, 1.807) is 6.92 Å². The number of carbonyl (C=O) groups is 1. The second-order valence-corrected chi connectivity index (χ2v) is 5.13. The molecule has 104 valence electrons. The normalized spacial score (nSPS) is 11.9. The number of hydrogen-bond acceptors (Lipinski definition) is 3. The summed E-state index contributed by atoms with van der Waals surface area (Å²) >= 11 is 9.09. The molecule has 0 fully saturated rings. The van der Waals surface area contributed by atoms with Crippen molar-refractivity contribution in [2.24, 2.45) is 5.73 Å². The third kappa shape index (κ3) is 4.55. The van der Waals surface area contributed by atoms with E-state index in [1.165, 1.54) is 0 Å². The highest BCUT2D eigenvalue weighted by molar-refractivity contribution is 9.10. The summed E-state index contributed by atoms with van der Waals surface area (Å²) in [6.45, 7) is 2.08. The van der Waals surface area contributed by atoms with Gasteiger partial charge in [-0.25, -0.2) is 4.79 Å². The predicted octanol–water partition coefficient (Wildman–Crippen LogP) is 3.70. The summed E-state index contributed by atoms with van der Waals surface area (Å²) in [6.07, 6.45) is 1.29. The Bertz CT molecular complexity index is 474. The summed E-state index contributed by atoms with van der Waals surface area (Å²) < 4.78 is 5.90.